The van der Waals surface area contributed by atoms with Crippen LogP contribution in [0.4, 0.5) is 0 Å². The highest BCUT2D eigenvalue weighted by molar-refractivity contribution is 5.98. The van der Waals surface area contributed by atoms with Gasteiger partial charge in [-0.1, -0.05) is 31.5 Å². The van der Waals surface area contributed by atoms with E-state index in [0.717, 1.165) is 5.56 Å². The molecule has 2 atom stereocenters. The first-order chi connectivity index (χ1) is 10.8. The lowest BCUT2D eigenvalue weighted by molar-refractivity contribution is -0.158. The first kappa shape index (κ1) is 17.0. The highest BCUT2D eigenvalue weighted by atomic mass is 16.4. The van der Waals surface area contributed by atoms with Gasteiger partial charge in [0, 0.05) is 12.1 Å². The van der Waals surface area contributed by atoms with Gasteiger partial charge < -0.3 is 15.3 Å². The first-order valence-corrected chi connectivity index (χ1v) is 7.72. The molecule has 1 aromatic carbocycles. The molecule has 1 heterocycles. The molecule has 0 aromatic heterocycles. The molecule has 2 N–H and O–H groups in total. The van der Waals surface area contributed by atoms with Crippen molar-refractivity contribution in [2.45, 2.75) is 39.3 Å². The van der Waals surface area contributed by atoms with E-state index in [9.17, 15) is 14.4 Å². The molecule has 1 fully saturated rings. The fourth-order valence-corrected chi connectivity index (χ4v) is 2.53. The lowest BCUT2D eigenvalue weighted by Gasteiger charge is -2.40. The monoisotopic (exact) mass is 318 g/mol. The topological polar surface area (TPSA) is 86.7 Å². The molecule has 1 aliphatic rings. The predicted molar refractivity (Wildman–Crippen MR) is 85.0 cm³/mol. The number of carboxylic acid groups (broad SMARTS) is 1. The fourth-order valence-electron chi connectivity index (χ4n) is 2.53. The number of aryl methyl sites for hydroxylation is 1. The molecule has 6 nitrogen and oxygen atoms in total. The Morgan fingerprint density at radius 3 is 2.26 bits per heavy atom. The van der Waals surface area contributed by atoms with Crippen LogP contribution < -0.4 is 5.32 Å². The van der Waals surface area contributed by atoms with E-state index in [1.54, 1.807) is 12.1 Å². The quantitative estimate of drug-likeness (QED) is 0.860. The molecule has 0 bridgehead atoms. The minimum absolute atomic E-state index is 0.132. The van der Waals surface area contributed by atoms with Crippen LogP contribution in [0.25, 0.3) is 0 Å². The zero-order valence-electron chi connectivity index (χ0n) is 13.6. The third-order valence-corrected chi connectivity index (χ3v) is 4.12. The largest absolute Gasteiger partial charge is 0.480 e. The number of hydrogen-bond donors (Lipinski definition) is 2. The van der Waals surface area contributed by atoms with E-state index in [4.69, 9.17) is 5.11 Å². The number of benzene rings is 1. The molecule has 0 saturated carbocycles. The SMILES string of the molecule is Cc1ccc(C(=O)N[C@H](C(=O)N2CC[C@H]2C(=O)O)C(C)C)cc1. The fraction of sp³-hybridized carbons (Fsp3) is 0.471. The van der Waals surface area contributed by atoms with Crippen LogP contribution >= 0.6 is 0 Å². The summed E-state index contributed by atoms with van der Waals surface area (Å²) in [4.78, 5) is 37.3. The molecule has 6 heteroatoms. The second-order valence-corrected chi connectivity index (χ2v) is 6.24. The van der Waals surface area contributed by atoms with Gasteiger partial charge in [0.1, 0.15) is 12.1 Å². The van der Waals surface area contributed by atoms with Crippen molar-refractivity contribution in [1.82, 2.24) is 10.2 Å². The van der Waals surface area contributed by atoms with E-state index in [-0.39, 0.29) is 17.7 Å². The van der Waals surface area contributed by atoms with Crippen LogP contribution in [0.1, 0.15) is 36.2 Å². The number of carbonyl (C=O) groups is 3. The van der Waals surface area contributed by atoms with Gasteiger partial charge in [-0.15, -0.1) is 0 Å². The molecule has 23 heavy (non-hydrogen) atoms. The second-order valence-electron chi connectivity index (χ2n) is 6.24. The normalized spacial score (nSPS) is 18.3. The van der Waals surface area contributed by atoms with Crippen LogP contribution in [0.3, 0.4) is 0 Å². The van der Waals surface area contributed by atoms with Crippen molar-refractivity contribution in [3.05, 3.63) is 35.4 Å². The molecule has 1 aliphatic heterocycles. The van der Waals surface area contributed by atoms with Crippen LogP contribution in [0, 0.1) is 12.8 Å². The third kappa shape index (κ3) is 3.70. The number of likely N-dealkylation sites (tertiary alicyclic amines) is 1. The standard InChI is InChI=1S/C17H22N2O4/c1-10(2)14(16(21)19-9-8-13(19)17(22)23)18-15(20)12-6-4-11(3)5-7-12/h4-7,10,13-14H,8-9H2,1-3H3,(H,18,20)(H,22,23)/t13-,14-/m0/s1. The van der Waals surface area contributed by atoms with E-state index >= 15 is 0 Å². The van der Waals surface area contributed by atoms with Gasteiger partial charge in [0.15, 0.2) is 0 Å². The number of nitrogens with zero attached hydrogens (tertiary/aromatic N) is 1. The Labute approximate surface area is 135 Å². The molecule has 1 saturated heterocycles. The summed E-state index contributed by atoms with van der Waals surface area (Å²) < 4.78 is 0. The average molecular weight is 318 g/mol. The number of rotatable bonds is 5. The van der Waals surface area contributed by atoms with E-state index in [0.29, 0.717) is 18.5 Å². The third-order valence-electron chi connectivity index (χ3n) is 4.12. The van der Waals surface area contributed by atoms with Crippen LogP contribution in [-0.2, 0) is 9.59 Å². The molecule has 124 valence electrons. The molecule has 1 aromatic rings. The summed E-state index contributed by atoms with van der Waals surface area (Å²) in [6, 6.07) is 5.56. The number of carbonyl (C=O) groups excluding carboxylic acids is 2. The molecular weight excluding hydrogens is 296 g/mol. The highest BCUT2D eigenvalue weighted by Crippen LogP contribution is 2.21. The van der Waals surface area contributed by atoms with Gasteiger partial charge in [0.05, 0.1) is 0 Å². The number of hydrogen-bond acceptors (Lipinski definition) is 3. The van der Waals surface area contributed by atoms with Crippen molar-refractivity contribution in [2.75, 3.05) is 6.54 Å². The molecule has 0 radical (unpaired) electrons. The zero-order valence-corrected chi connectivity index (χ0v) is 13.6. The van der Waals surface area contributed by atoms with Gasteiger partial charge >= 0.3 is 5.97 Å². The molecule has 2 amide bonds. The van der Waals surface area contributed by atoms with Crippen molar-refractivity contribution in [2.24, 2.45) is 5.92 Å². The first-order valence-electron chi connectivity index (χ1n) is 7.72. The molecule has 2 rings (SSSR count). The second kappa shape index (κ2) is 6.81. The van der Waals surface area contributed by atoms with Gasteiger partial charge in [0.25, 0.3) is 5.91 Å². The Morgan fingerprint density at radius 1 is 1.22 bits per heavy atom. The molecule has 0 aliphatic carbocycles. The minimum atomic E-state index is -1.00. The van der Waals surface area contributed by atoms with Crippen LogP contribution in [0.5, 0.6) is 0 Å². The van der Waals surface area contributed by atoms with E-state index in [2.05, 4.69) is 5.32 Å². The van der Waals surface area contributed by atoms with Crippen LogP contribution in [0.2, 0.25) is 0 Å². The van der Waals surface area contributed by atoms with Crippen molar-refractivity contribution < 1.29 is 19.5 Å². The Morgan fingerprint density at radius 2 is 1.83 bits per heavy atom. The maximum atomic E-state index is 12.6. The molecule has 0 unspecified atom stereocenters. The van der Waals surface area contributed by atoms with Crippen LogP contribution in [-0.4, -0.2) is 46.4 Å². The van der Waals surface area contributed by atoms with Crippen molar-refractivity contribution in [3.63, 3.8) is 0 Å². The van der Waals surface area contributed by atoms with Gasteiger partial charge in [-0.05, 0) is 31.4 Å². The Hall–Kier alpha value is -2.37. The predicted octanol–water partition coefficient (Wildman–Crippen LogP) is 1.43. The van der Waals surface area contributed by atoms with Gasteiger partial charge in [-0.2, -0.15) is 0 Å². The number of aliphatic carboxylic acids is 1. The highest BCUT2D eigenvalue weighted by Gasteiger charge is 2.41. The van der Waals surface area contributed by atoms with Gasteiger partial charge in [0.2, 0.25) is 5.91 Å². The van der Waals surface area contributed by atoms with Crippen molar-refractivity contribution >= 4 is 17.8 Å². The van der Waals surface area contributed by atoms with E-state index < -0.39 is 18.1 Å². The smallest absolute Gasteiger partial charge is 0.326 e. The van der Waals surface area contributed by atoms with Crippen molar-refractivity contribution in [3.8, 4) is 0 Å². The summed E-state index contributed by atoms with van der Waals surface area (Å²) in [6.45, 7) is 6.00. The number of nitrogens with one attached hydrogen (secondary N) is 1. The van der Waals surface area contributed by atoms with E-state index in [1.807, 2.05) is 32.9 Å². The number of amides is 2. The maximum Gasteiger partial charge on any atom is 0.326 e. The summed E-state index contributed by atoms with van der Waals surface area (Å²) in [7, 11) is 0. The van der Waals surface area contributed by atoms with Crippen molar-refractivity contribution in [1.29, 1.82) is 0 Å². The summed E-state index contributed by atoms with van der Waals surface area (Å²) >= 11 is 0. The zero-order chi connectivity index (χ0) is 17.1. The summed E-state index contributed by atoms with van der Waals surface area (Å²) in [5.41, 5.74) is 1.52. The average Bonchev–Trinajstić information content (AvgIpc) is 2.42. The summed E-state index contributed by atoms with van der Waals surface area (Å²) in [5.74, 6) is -1.80. The maximum absolute atomic E-state index is 12.6. The summed E-state index contributed by atoms with van der Waals surface area (Å²) in [6.07, 6.45) is 0.456. The van der Waals surface area contributed by atoms with Crippen LogP contribution in [0.15, 0.2) is 24.3 Å². The van der Waals surface area contributed by atoms with E-state index in [1.165, 1.54) is 4.90 Å². The Kier molecular flexibility index (Phi) is 5.03. The Bertz CT molecular complexity index is 610. The molecular formula is C17H22N2O4. The minimum Gasteiger partial charge on any atom is -0.480 e. The van der Waals surface area contributed by atoms with Gasteiger partial charge in [-0.25, -0.2) is 4.79 Å². The summed E-state index contributed by atoms with van der Waals surface area (Å²) in [5, 5.41) is 11.8. The Balaban J connectivity index is 2.09. The molecule has 0 spiro atoms. The number of carboxylic acids is 1. The lowest BCUT2D eigenvalue weighted by atomic mass is 9.96. The lowest BCUT2D eigenvalue weighted by Crippen LogP contribution is -2.61. The van der Waals surface area contributed by atoms with Gasteiger partial charge in [-0.3, -0.25) is 9.59 Å².